The molecule has 0 radical (unpaired) electrons. The lowest BCUT2D eigenvalue weighted by Gasteiger charge is -2.04. The molecule has 3 heterocycles. The Balaban J connectivity index is 1.95. The molecule has 0 fully saturated rings. The van der Waals surface area contributed by atoms with E-state index in [-0.39, 0.29) is 5.03 Å². The first-order valence-corrected chi connectivity index (χ1v) is 11.4. The number of aromatic nitrogens is 4. The van der Waals surface area contributed by atoms with E-state index in [1.807, 2.05) is 41.9 Å². The molecule has 0 spiro atoms. The summed E-state index contributed by atoms with van der Waals surface area (Å²) >= 11 is 3.70. The van der Waals surface area contributed by atoms with Crippen LogP contribution in [0.2, 0.25) is 0 Å². The molecule has 132 valence electrons. The van der Waals surface area contributed by atoms with Crippen molar-refractivity contribution in [1.82, 2.24) is 19.5 Å². The Morgan fingerprint density at radius 1 is 1.12 bits per heavy atom. The molecule has 9 heteroatoms. The number of fused-ring (bicyclic) bond motifs is 1. The zero-order chi connectivity index (χ0) is 18.5. The summed E-state index contributed by atoms with van der Waals surface area (Å²) < 4.78 is 27.1. The maximum absolute atomic E-state index is 12.0. The van der Waals surface area contributed by atoms with Crippen LogP contribution >= 0.6 is 33.9 Å². The highest BCUT2D eigenvalue weighted by Crippen LogP contribution is 2.38. The van der Waals surface area contributed by atoms with Crippen LogP contribution in [-0.4, -0.2) is 34.2 Å². The average molecular weight is 496 g/mol. The fraction of sp³-hybridized carbons (Fsp3) is 0.118. The van der Waals surface area contributed by atoms with Crippen molar-refractivity contribution in [2.45, 2.75) is 5.03 Å². The van der Waals surface area contributed by atoms with Gasteiger partial charge in [0.15, 0.2) is 14.9 Å². The summed E-state index contributed by atoms with van der Waals surface area (Å²) in [5, 5.41) is 0.604. The van der Waals surface area contributed by atoms with Crippen molar-refractivity contribution < 1.29 is 8.42 Å². The normalized spacial score (nSPS) is 12.0. The van der Waals surface area contributed by atoms with Gasteiger partial charge in [0.2, 0.25) is 0 Å². The SMILES string of the molecule is Cn1cnc(-c2ccc(I)cc2)c1-c1cc2c(S(C)(=O)=O)ncnc2s1. The average Bonchev–Trinajstić information content (AvgIpc) is 3.17. The van der Waals surface area contributed by atoms with E-state index in [2.05, 4.69) is 37.5 Å². The first-order chi connectivity index (χ1) is 12.3. The third-order valence-corrected chi connectivity index (χ3v) is 6.73. The van der Waals surface area contributed by atoms with Crippen LogP contribution < -0.4 is 0 Å². The number of aryl methyl sites for hydroxylation is 1. The fourth-order valence-electron chi connectivity index (χ4n) is 2.79. The van der Waals surface area contributed by atoms with Gasteiger partial charge in [-0.15, -0.1) is 11.3 Å². The highest BCUT2D eigenvalue weighted by atomic mass is 127. The fourth-order valence-corrected chi connectivity index (χ4v) is 5.09. The van der Waals surface area contributed by atoms with Gasteiger partial charge in [0.25, 0.3) is 0 Å². The Morgan fingerprint density at radius 2 is 1.85 bits per heavy atom. The predicted octanol–water partition coefficient (Wildman–Crippen LogP) is 3.77. The molecule has 0 atom stereocenters. The Morgan fingerprint density at radius 3 is 2.54 bits per heavy atom. The summed E-state index contributed by atoms with van der Waals surface area (Å²) in [4.78, 5) is 14.3. The number of thiophene rings is 1. The van der Waals surface area contributed by atoms with Crippen LogP contribution in [0.1, 0.15) is 0 Å². The van der Waals surface area contributed by atoms with Crippen LogP contribution in [0.4, 0.5) is 0 Å². The van der Waals surface area contributed by atoms with Crippen LogP contribution in [0.3, 0.4) is 0 Å². The molecule has 26 heavy (non-hydrogen) atoms. The first-order valence-electron chi connectivity index (χ1n) is 7.57. The number of hydrogen-bond acceptors (Lipinski definition) is 6. The number of halogens is 1. The Kier molecular flexibility index (Phi) is 4.32. The highest BCUT2D eigenvalue weighted by Gasteiger charge is 2.20. The van der Waals surface area contributed by atoms with Gasteiger partial charge in [0, 0.05) is 27.8 Å². The van der Waals surface area contributed by atoms with Gasteiger partial charge in [0.1, 0.15) is 11.2 Å². The Hall–Kier alpha value is -1.85. The maximum atomic E-state index is 12.0. The molecule has 4 aromatic rings. The Bertz CT molecular complexity index is 1230. The second kappa shape index (κ2) is 6.39. The molecule has 4 rings (SSSR count). The molecule has 3 aromatic heterocycles. The van der Waals surface area contributed by atoms with Crippen molar-refractivity contribution in [3.63, 3.8) is 0 Å². The molecule has 0 aliphatic heterocycles. The number of rotatable bonds is 3. The smallest absolute Gasteiger partial charge is 0.193 e. The maximum Gasteiger partial charge on any atom is 0.193 e. The van der Waals surface area contributed by atoms with Crippen molar-refractivity contribution in [3.05, 3.63) is 46.6 Å². The monoisotopic (exact) mass is 496 g/mol. The minimum absolute atomic E-state index is 0.0583. The van der Waals surface area contributed by atoms with Crippen molar-refractivity contribution in [2.24, 2.45) is 7.05 Å². The first kappa shape index (κ1) is 17.6. The van der Waals surface area contributed by atoms with Gasteiger partial charge >= 0.3 is 0 Å². The lowest BCUT2D eigenvalue weighted by atomic mass is 10.1. The molecule has 0 aliphatic carbocycles. The quantitative estimate of drug-likeness (QED) is 0.319. The summed E-state index contributed by atoms with van der Waals surface area (Å²) in [6.45, 7) is 0. The van der Waals surface area contributed by atoms with E-state index < -0.39 is 9.84 Å². The van der Waals surface area contributed by atoms with E-state index in [0.29, 0.717) is 10.2 Å². The molecular weight excluding hydrogens is 483 g/mol. The topological polar surface area (TPSA) is 77.7 Å². The van der Waals surface area contributed by atoms with Crippen molar-refractivity contribution in [1.29, 1.82) is 0 Å². The lowest BCUT2D eigenvalue weighted by Crippen LogP contribution is -2.00. The highest BCUT2D eigenvalue weighted by molar-refractivity contribution is 14.1. The molecule has 0 amide bonds. The number of nitrogens with zero attached hydrogens (tertiary/aromatic N) is 4. The van der Waals surface area contributed by atoms with E-state index in [9.17, 15) is 8.42 Å². The van der Waals surface area contributed by atoms with Crippen LogP contribution in [-0.2, 0) is 16.9 Å². The summed E-state index contributed by atoms with van der Waals surface area (Å²) in [6.07, 6.45) is 4.21. The van der Waals surface area contributed by atoms with Gasteiger partial charge in [-0.25, -0.2) is 23.4 Å². The van der Waals surface area contributed by atoms with E-state index in [4.69, 9.17) is 0 Å². The summed E-state index contributed by atoms with van der Waals surface area (Å²) in [6, 6.07) is 9.97. The molecule has 0 aliphatic rings. The Labute approximate surface area is 168 Å². The van der Waals surface area contributed by atoms with Crippen LogP contribution in [0, 0.1) is 3.57 Å². The van der Waals surface area contributed by atoms with Crippen molar-refractivity contribution >= 4 is 54.0 Å². The largest absolute Gasteiger partial charge is 0.333 e. The van der Waals surface area contributed by atoms with Crippen molar-refractivity contribution in [3.8, 4) is 21.8 Å². The number of benzene rings is 1. The summed E-state index contributed by atoms with van der Waals surface area (Å²) in [5.41, 5.74) is 2.78. The predicted molar refractivity (Wildman–Crippen MR) is 111 cm³/mol. The molecule has 6 nitrogen and oxygen atoms in total. The minimum atomic E-state index is -3.43. The number of sulfone groups is 1. The zero-order valence-corrected chi connectivity index (χ0v) is 17.6. The lowest BCUT2D eigenvalue weighted by molar-refractivity contribution is 0.599. The summed E-state index contributed by atoms with van der Waals surface area (Å²) in [5.74, 6) is 0. The van der Waals surface area contributed by atoms with Gasteiger partial charge in [-0.05, 0) is 40.8 Å². The number of hydrogen-bond donors (Lipinski definition) is 0. The van der Waals surface area contributed by atoms with Gasteiger partial charge in [0.05, 0.1) is 22.6 Å². The second-order valence-electron chi connectivity index (χ2n) is 5.84. The van der Waals surface area contributed by atoms with Gasteiger partial charge < -0.3 is 4.57 Å². The van der Waals surface area contributed by atoms with E-state index in [1.54, 1.807) is 6.33 Å². The second-order valence-corrected chi connectivity index (χ2v) is 10.0. The molecule has 0 N–H and O–H groups in total. The summed E-state index contributed by atoms with van der Waals surface area (Å²) in [7, 11) is -1.51. The minimum Gasteiger partial charge on any atom is -0.333 e. The van der Waals surface area contributed by atoms with Gasteiger partial charge in [-0.1, -0.05) is 12.1 Å². The molecule has 0 saturated heterocycles. The van der Waals surface area contributed by atoms with Crippen molar-refractivity contribution in [2.75, 3.05) is 6.26 Å². The van der Waals surface area contributed by atoms with E-state index in [1.165, 1.54) is 17.7 Å². The van der Waals surface area contributed by atoms with Crippen LogP contribution in [0.5, 0.6) is 0 Å². The van der Waals surface area contributed by atoms with Crippen LogP contribution in [0.25, 0.3) is 32.0 Å². The molecule has 0 saturated carbocycles. The molecule has 0 bridgehead atoms. The third-order valence-electron chi connectivity index (χ3n) is 3.93. The van der Waals surface area contributed by atoms with Gasteiger partial charge in [-0.3, -0.25) is 0 Å². The third kappa shape index (κ3) is 3.03. The van der Waals surface area contributed by atoms with E-state index >= 15 is 0 Å². The molecule has 0 unspecified atom stereocenters. The van der Waals surface area contributed by atoms with Crippen LogP contribution in [0.15, 0.2) is 48.0 Å². The zero-order valence-electron chi connectivity index (χ0n) is 13.8. The van der Waals surface area contributed by atoms with E-state index in [0.717, 1.165) is 31.7 Å². The van der Waals surface area contributed by atoms with Gasteiger partial charge in [-0.2, -0.15) is 0 Å². The molecular formula is C17H13IN4O2S2. The molecule has 1 aromatic carbocycles. The standard InChI is InChI=1S/C17H13IN4O2S2/c1-22-9-21-14(10-3-5-11(18)6-4-10)15(22)13-7-12-16(25-13)19-8-20-17(12)26(2,23)24/h3-9H,1-2H3. The number of imidazole rings is 1.